The van der Waals surface area contributed by atoms with Crippen molar-refractivity contribution < 1.29 is 4.74 Å². The van der Waals surface area contributed by atoms with Crippen molar-refractivity contribution in [2.24, 2.45) is 11.8 Å². The van der Waals surface area contributed by atoms with Gasteiger partial charge in [-0.25, -0.2) is 0 Å². The van der Waals surface area contributed by atoms with Gasteiger partial charge in [-0.2, -0.15) is 0 Å². The maximum atomic E-state index is 6.02. The third-order valence-corrected chi connectivity index (χ3v) is 7.32. The molecule has 0 saturated carbocycles. The molecule has 0 fully saturated rings. The molecule has 0 aliphatic rings. The van der Waals surface area contributed by atoms with E-state index in [0.717, 1.165) is 30.6 Å². The summed E-state index contributed by atoms with van der Waals surface area (Å²) in [6, 6.07) is 17.8. The Balaban J connectivity index is 1.60. The van der Waals surface area contributed by atoms with Gasteiger partial charge in [0.25, 0.3) is 0 Å². The lowest BCUT2D eigenvalue weighted by Gasteiger charge is -2.13. The summed E-state index contributed by atoms with van der Waals surface area (Å²) in [6.45, 7) is 10.1. The molecule has 0 aliphatic carbocycles. The first-order chi connectivity index (χ1) is 17.1. The molecule has 1 unspecified atom stereocenters. The first-order valence-corrected chi connectivity index (χ1v) is 14.9. The van der Waals surface area contributed by atoms with Gasteiger partial charge in [0.05, 0.1) is 6.61 Å². The van der Waals surface area contributed by atoms with Gasteiger partial charge in [0, 0.05) is 0 Å². The van der Waals surface area contributed by atoms with Gasteiger partial charge < -0.3 is 4.74 Å². The molecule has 0 N–H and O–H groups in total. The van der Waals surface area contributed by atoms with Crippen molar-refractivity contribution in [3.63, 3.8) is 0 Å². The highest BCUT2D eigenvalue weighted by atomic mass is 16.5. The van der Waals surface area contributed by atoms with Gasteiger partial charge >= 0.3 is 0 Å². The van der Waals surface area contributed by atoms with Gasteiger partial charge in [0.15, 0.2) is 0 Å². The van der Waals surface area contributed by atoms with E-state index in [-0.39, 0.29) is 0 Å². The standard InChI is InChI=1S/C34H54O/c1-5-6-7-8-9-10-11-12-13-14-18-31-19-21-32(22-20-31)33-23-25-34(26-24-33)35-28-27-30(4)17-15-16-29(2)3/h19-26,29-30H,5-18,27-28H2,1-4H3. The van der Waals surface area contributed by atoms with Crippen LogP contribution < -0.4 is 4.74 Å². The van der Waals surface area contributed by atoms with E-state index in [4.69, 9.17) is 4.74 Å². The monoisotopic (exact) mass is 478 g/mol. The minimum Gasteiger partial charge on any atom is -0.494 e. The molecule has 0 heterocycles. The molecule has 2 rings (SSSR count). The number of benzene rings is 2. The van der Waals surface area contributed by atoms with E-state index in [1.54, 1.807) is 0 Å². The van der Waals surface area contributed by atoms with Crippen molar-refractivity contribution in [2.75, 3.05) is 6.61 Å². The first kappa shape index (κ1) is 29.5. The van der Waals surface area contributed by atoms with Crippen LogP contribution in [0, 0.1) is 11.8 Å². The Morgan fingerprint density at radius 2 is 1.11 bits per heavy atom. The molecule has 0 aliphatic heterocycles. The lowest BCUT2D eigenvalue weighted by atomic mass is 9.98. The van der Waals surface area contributed by atoms with Crippen LogP contribution in [0.1, 0.15) is 123 Å². The summed E-state index contributed by atoms with van der Waals surface area (Å²) in [5.74, 6) is 2.55. The summed E-state index contributed by atoms with van der Waals surface area (Å²) in [5.41, 5.74) is 4.03. The Labute approximate surface area is 218 Å². The molecule has 0 aromatic heterocycles. The number of hydrogen-bond acceptors (Lipinski definition) is 1. The summed E-state index contributed by atoms with van der Waals surface area (Å²) < 4.78 is 6.02. The molecule has 0 spiro atoms. The van der Waals surface area contributed by atoms with Crippen LogP contribution in [0.15, 0.2) is 48.5 Å². The minimum absolute atomic E-state index is 0.742. The molecule has 0 saturated heterocycles. The lowest BCUT2D eigenvalue weighted by Crippen LogP contribution is -2.04. The third kappa shape index (κ3) is 13.8. The van der Waals surface area contributed by atoms with Crippen LogP contribution in [-0.4, -0.2) is 6.61 Å². The number of unbranched alkanes of at least 4 members (excludes halogenated alkanes) is 9. The highest BCUT2D eigenvalue weighted by Gasteiger charge is 2.05. The summed E-state index contributed by atoms with van der Waals surface area (Å²) in [5, 5.41) is 0. The van der Waals surface area contributed by atoms with Crippen molar-refractivity contribution >= 4 is 0 Å². The highest BCUT2D eigenvalue weighted by Crippen LogP contribution is 2.24. The van der Waals surface area contributed by atoms with Gasteiger partial charge in [-0.3, -0.25) is 0 Å². The maximum absolute atomic E-state index is 6.02. The molecule has 35 heavy (non-hydrogen) atoms. The fraction of sp³-hybridized carbons (Fsp3) is 0.647. The van der Waals surface area contributed by atoms with E-state index in [2.05, 4.69) is 76.2 Å². The normalized spacial score (nSPS) is 12.3. The second-order valence-electron chi connectivity index (χ2n) is 11.2. The van der Waals surface area contributed by atoms with Crippen molar-refractivity contribution in [3.8, 4) is 16.9 Å². The zero-order chi connectivity index (χ0) is 25.1. The molecule has 0 amide bonds. The molecular weight excluding hydrogens is 424 g/mol. The van der Waals surface area contributed by atoms with E-state index >= 15 is 0 Å². The van der Waals surface area contributed by atoms with Crippen molar-refractivity contribution in [1.82, 2.24) is 0 Å². The molecule has 1 atom stereocenters. The van der Waals surface area contributed by atoms with Crippen molar-refractivity contribution in [3.05, 3.63) is 54.1 Å². The summed E-state index contributed by atoms with van der Waals surface area (Å²) >= 11 is 0. The fourth-order valence-electron chi connectivity index (χ4n) is 4.82. The first-order valence-electron chi connectivity index (χ1n) is 14.9. The van der Waals surface area contributed by atoms with Crippen molar-refractivity contribution in [1.29, 1.82) is 0 Å². The number of aryl methyl sites for hydroxylation is 1. The molecular formula is C34H54O. The maximum Gasteiger partial charge on any atom is 0.119 e. The van der Waals surface area contributed by atoms with Crippen LogP contribution in [0.4, 0.5) is 0 Å². The van der Waals surface area contributed by atoms with Gasteiger partial charge in [0.1, 0.15) is 5.75 Å². The molecule has 2 aromatic rings. The predicted molar refractivity (Wildman–Crippen MR) is 155 cm³/mol. The zero-order valence-corrected chi connectivity index (χ0v) is 23.5. The second kappa shape index (κ2) is 18.5. The van der Waals surface area contributed by atoms with E-state index < -0.39 is 0 Å². The molecule has 0 bridgehead atoms. The lowest BCUT2D eigenvalue weighted by molar-refractivity contribution is 0.276. The van der Waals surface area contributed by atoms with Crippen LogP contribution in [0.3, 0.4) is 0 Å². The predicted octanol–water partition coefficient (Wildman–Crippen LogP) is 11.0. The fourth-order valence-corrected chi connectivity index (χ4v) is 4.82. The average Bonchev–Trinajstić information content (AvgIpc) is 2.86. The van der Waals surface area contributed by atoms with Crippen LogP contribution in [0.5, 0.6) is 5.75 Å². The Morgan fingerprint density at radius 3 is 1.69 bits per heavy atom. The topological polar surface area (TPSA) is 9.23 Å². The van der Waals surface area contributed by atoms with E-state index in [1.807, 2.05) is 0 Å². The third-order valence-electron chi connectivity index (χ3n) is 7.32. The van der Waals surface area contributed by atoms with Crippen LogP contribution in [-0.2, 0) is 6.42 Å². The average molecular weight is 479 g/mol. The number of rotatable bonds is 20. The largest absolute Gasteiger partial charge is 0.494 e. The Kier molecular flexibility index (Phi) is 15.6. The smallest absolute Gasteiger partial charge is 0.119 e. The number of hydrogen-bond donors (Lipinski definition) is 0. The van der Waals surface area contributed by atoms with Gasteiger partial charge in [-0.05, 0) is 59.9 Å². The van der Waals surface area contributed by atoms with Crippen LogP contribution in [0.2, 0.25) is 0 Å². The van der Waals surface area contributed by atoms with Crippen LogP contribution in [0.25, 0.3) is 11.1 Å². The van der Waals surface area contributed by atoms with E-state index in [9.17, 15) is 0 Å². The highest BCUT2D eigenvalue weighted by molar-refractivity contribution is 5.64. The quantitative estimate of drug-likeness (QED) is 0.172. The van der Waals surface area contributed by atoms with E-state index in [1.165, 1.54) is 107 Å². The van der Waals surface area contributed by atoms with Gasteiger partial charge in [-0.15, -0.1) is 0 Å². The summed E-state index contributed by atoms with van der Waals surface area (Å²) in [4.78, 5) is 0. The Bertz CT molecular complexity index is 743. The summed E-state index contributed by atoms with van der Waals surface area (Å²) in [6.07, 6.45) is 20.3. The van der Waals surface area contributed by atoms with Gasteiger partial charge in [0.2, 0.25) is 0 Å². The van der Waals surface area contributed by atoms with Crippen LogP contribution >= 0.6 is 0 Å². The summed E-state index contributed by atoms with van der Waals surface area (Å²) in [7, 11) is 0. The van der Waals surface area contributed by atoms with Gasteiger partial charge in [-0.1, -0.05) is 141 Å². The molecule has 2 aromatic carbocycles. The molecule has 1 heteroatoms. The minimum atomic E-state index is 0.742. The molecule has 1 nitrogen and oxygen atoms in total. The molecule has 196 valence electrons. The SMILES string of the molecule is CCCCCCCCCCCCc1ccc(-c2ccc(OCCC(C)CCCC(C)C)cc2)cc1. The Hall–Kier alpha value is -1.76. The second-order valence-corrected chi connectivity index (χ2v) is 11.2. The van der Waals surface area contributed by atoms with Crippen molar-refractivity contribution in [2.45, 2.75) is 124 Å². The van der Waals surface area contributed by atoms with E-state index in [0.29, 0.717) is 0 Å². The zero-order valence-electron chi connectivity index (χ0n) is 23.5. The number of ether oxygens (including phenoxy) is 1. The Morgan fingerprint density at radius 1 is 0.571 bits per heavy atom. The molecule has 0 radical (unpaired) electrons.